The molecule has 29 heavy (non-hydrogen) atoms. The highest BCUT2D eigenvalue weighted by atomic mass is 19.4. The molecule has 0 aliphatic heterocycles. The molecule has 0 bridgehead atoms. The first-order valence-electron chi connectivity index (χ1n) is 8.70. The summed E-state index contributed by atoms with van der Waals surface area (Å²) in [6.45, 7) is 0.292. The first-order valence-corrected chi connectivity index (χ1v) is 8.70. The summed E-state index contributed by atoms with van der Waals surface area (Å²) in [5.74, 6) is 0.520. The fourth-order valence-electron chi connectivity index (χ4n) is 2.55. The Hall–Kier alpha value is -3.30. The number of aryl methyl sites for hydroxylation is 1. The number of nitro groups is 1. The third-order valence-corrected chi connectivity index (χ3v) is 4.08. The number of halogens is 3. The molecule has 0 saturated carbocycles. The molecule has 0 radical (unpaired) electrons. The van der Waals surface area contributed by atoms with Crippen molar-refractivity contribution in [1.82, 2.24) is 5.32 Å². The van der Waals surface area contributed by atoms with E-state index in [9.17, 15) is 28.1 Å². The van der Waals surface area contributed by atoms with Crippen LogP contribution in [0.1, 0.15) is 17.5 Å². The quantitative estimate of drug-likeness (QED) is 0.372. The van der Waals surface area contributed by atoms with Crippen LogP contribution >= 0.6 is 0 Å². The Kier molecular flexibility index (Phi) is 7.40. The molecule has 2 rings (SSSR count). The van der Waals surface area contributed by atoms with Crippen molar-refractivity contribution in [2.24, 2.45) is 0 Å². The minimum atomic E-state index is -4.67. The lowest BCUT2D eigenvalue weighted by Crippen LogP contribution is -2.29. The van der Waals surface area contributed by atoms with Crippen molar-refractivity contribution in [2.45, 2.75) is 19.0 Å². The van der Waals surface area contributed by atoms with Crippen LogP contribution in [0.3, 0.4) is 0 Å². The number of rotatable bonds is 9. The number of hydrogen-bond acceptors (Lipinski definition) is 5. The van der Waals surface area contributed by atoms with Crippen molar-refractivity contribution in [3.63, 3.8) is 0 Å². The number of methoxy groups -OCH3 is 1. The largest absolute Gasteiger partial charge is 0.497 e. The number of benzene rings is 2. The molecule has 0 heterocycles. The smallest absolute Gasteiger partial charge is 0.416 e. The van der Waals surface area contributed by atoms with E-state index in [-0.39, 0.29) is 31.1 Å². The van der Waals surface area contributed by atoms with Crippen molar-refractivity contribution >= 4 is 17.3 Å². The number of hydrogen-bond donors (Lipinski definition) is 2. The predicted octanol–water partition coefficient (Wildman–Crippen LogP) is 3.78. The number of anilines is 1. The normalized spacial score (nSPS) is 11.0. The zero-order valence-electron chi connectivity index (χ0n) is 15.6. The number of nitro benzene ring substituents is 1. The summed E-state index contributed by atoms with van der Waals surface area (Å²) in [5, 5.41) is 16.4. The van der Waals surface area contributed by atoms with Gasteiger partial charge in [0.1, 0.15) is 11.4 Å². The van der Waals surface area contributed by atoms with Crippen molar-refractivity contribution in [2.75, 3.05) is 25.5 Å². The first-order chi connectivity index (χ1) is 13.7. The van der Waals surface area contributed by atoms with Crippen LogP contribution < -0.4 is 15.4 Å². The van der Waals surface area contributed by atoms with E-state index in [1.54, 1.807) is 19.2 Å². The van der Waals surface area contributed by atoms with Crippen LogP contribution in [0.15, 0.2) is 42.5 Å². The summed E-state index contributed by atoms with van der Waals surface area (Å²) in [7, 11) is 1.57. The fourth-order valence-corrected chi connectivity index (χ4v) is 2.55. The molecule has 7 nitrogen and oxygen atoms in total. The summed E-state index contributed by atoms with van der Waals surface area (Å²) < 4.78 is 43.1. The van der Waals surface area contributed by atoms with Gasteiger partial charge in [0, 0.05) is 25.6 Å². The maximum absolute atomic E-state index is 12.7. The van der Waals surface area contributed by atoms with Crippen LogP contribution in [-0.4, -0.2) is 31.0 Å². The van der Waals surface area contributed by atoms with Gasteiger partial charge < -0.3 is 15.4 Å². The van der Waals surface area contributed by atoms with E-state index < -0.39 is 22.4 Å². The molecule has 1 amide bonds. The minimum absolute atomic E-state index is 0.0459. The number of carbonyl (C=O) groups is 1. The van der Waals surface area contributed by atoms with Crippen molar-refractivity contribution < 1.29 is 27.6 Å². The SMILES string of the molecule is COc1ccc(CCC(=O)NCCNc2ccc(C(F)(F)F)cc2[N+](=O)[O-])cc1. The first kappa shape index (κ1) is 22.0. The minimum Gasteiger partial charge on any atom is -0.497 e. The monoisotopic (exact) mass is 411 g/mol. The summed E-state index contributed by atoms with van der Waals surface area (Å²) >= 11 is 0. The number of carbonyl (C=O) groups excluding carboxylic acids is 1. The number of amides is 1. The highest BCUT2D eigenvalue weighted by Crippen LogP contribution is 2.34. The van der Waals surface area contributed by atoms with E-state index in [1.165, 1.54) is 0 Å². The van der Waals surface area contributed by atoms with E-state index in [0.29, 0.717) is 12.5 Å². The summed E-state index contributed by atoms with van der Waals surface area (Å²) in [4.78, 5) is 22.0. The highest BCUT2D eigenvalue weighted by Gasteiger charge is 2.32. The van der Waals surface area contributed by atoms with Crippen LogP contribution in [0, 0.1) is 10.1 Å². The van der Waals surface area contributed by atoms with Crippen molar-refractivity contribution in [1.29, 1.82) is 0 Å². The average Bonchev–Trinajstić information content (AvgIpc) is 2.69. The van der Waals surface area contributed by atoms with E-state index in [0.717, 1.165) is 23.4 Å². The molecule has 0 unspecified atom stereocenters. The van der Waals surface area contributed by atoms with Gasteiger partial charge in [0.05, 0.1) is 17.6 Å². The summed E-state index contributed by atoms with van der Waals surface area (Å²) in [5.41, 5.74) is -0.845. The molecule has 0 aliphatic rings. The molecular formula is C19H20F3N3O4. The second-order valence-corrected chi connectivity index (χ2v) is 6.11. The number of alkyl halides is 3. The van der Waals surface area contributed by atoms with Crippen molar-refractivity contribution in [3.8, 4) is 5.75 Å². The maximum Gasteiger partial charge on any atom is 0.416 e. The Bertz CT molecular complexity index is 855. The zero-order chi connectivity index (χ0) is 21.4. The molecule has 2 aromatic rings. The third kappa shape index (κ3) is 6.66. The molecule has 2 aromatic carbocycles. The molecule has 0 atom stereocenters. The summed E-state index contributed by atoms with van der Waals surface area (Å²) in [6.07, 6.45) is -3.87. The molecular weight excluding hydrogens is 391 g/mol. The van der Waals surface area contributed by atoms with Crippen LogP contribution in [0.4, 0.5) is 24.5 Å². The second kappa shape index (κ2) is 9.76. The Balaban J connectivity index is 1.80. The van der Waals surface area contributed by atoms with Gasteiger partial charge in [-0.1, -0.05) is 12.1 Å². The highest BCUT2D eigenvalue weighted by molar-refractivity contribution is 5.76. The molecule has 156 valence electrons. The maximum atomic E-state index is 12.7. The van der Waals surface area contributed by atoms with Gasteiger partial charge in [0.15, 0.2) is 0 Å². The van der Waals surface area contributed by atoms with Gasteiger partial charge in [-0.3, -0.25) is 14.9 Å². The molecule has 0 saturated heterocycles. The molecule has 0 spiro atoms. The number of ether oxygens (including phenoxy) is 1. The molecule has 2 N–H and O–H groups in total. The molecule has 10 heteroatoms. The van der Waals surface area contributed by atoms with Crippen molar-refractivity contribution in [3.05, 3.63) is 63.7 Å². The van der Waals surface area contributed by atoms with Crippen LogP contribution in [0.2, 0.25) is 0 Å². The van der Waals surface area contributed by atoms with Crippen LogP contribution in [0.5, 0.6) is 5.75 Å². The van der Waals surface area contributed by atoms with Gasteiger partial charge >= 0.3 is 6.18 Å². The van der Waals surface area contributed by atoms with Gasteiger partial charge in [0.2, 0.25) is 5.91 Å². The van der Waals surface area contributed by atoms with E-state index >= 15 is 0 Å². The van der Waals surface area contributed by atoms with Crippen LogP contribution in [-0.2, 0) is 17.4 Å². The standard InChI is InChI=1S/C19H20F3N3O4/c1-29-15-6-2-13(3-7-15)4-9-18(26)24-11-10-23-16-8-5-14(19(20,21)22)12-17(16)25(27)28/h2-3,5-8,12,23H,4,9-11H2,1H3,(H,24,26). The summed E-state index contributed by atoms with van der Waals surface area (Å²) in [6, 6.07) is 9.57. The van der Waals surface area contributed by atoms with E-state index in [1.807, 2.05) is 12.1 Å². The predicted molar refractivity (Wildman–Crippen MR) is 101 cm³/mol. The molecule has 0 aliphatic carbocycles. The fraction of sp³-hybridized carbons (Fsp3) is 0.316. The topological polar surface area (TPSA) is 93.5 Å². The average molecular weight is 411 g/mol. The molecule has 0 fully saturated rings. The lowest BCUT2D eigenvalue weighted by atomic mass is 10.1. The van der Waals surface area contributed by atoms with Gasteiger partial charge in [-0.25, -0.2) is 0 Å². The Morgan fingerprint density at radius 1 is 1.14 bits per heavy atom. The van der Waals surface area contributed by atoms with Gasteiger partial charge in [-0.15, -0.1) is 0 Å². The number of nitrogens with one attached hydrogen (secondary N) is 2. The third-order valence-electron chi connectivity index (χ3n) is 4.08. The van der Waals surface area contributed by atoms with Gasteiger partial charge in [0.25, 0.3) is 5.69 Å². The van der Waals surface area contributed by atoms with Crippen LogP contribution in [0.25, 0.3) is 0 Å². The molecule has 0 aromatic heterocycles. The van der Waals surface area contributed by atoms with E-state index in [2.05, 4.69) is 10.6 Å². The Morgan fingerprint density at radius 2 is 1.83 bits per heavy atom. The lowest BCUT2D eigenvalue weighted by molar-refractivity contribution is -0.384. The second-order valence-electron chi connectivity index (χ2n) is 6.11. The number of nitrogens with zero attached hydrogens (tertiary/aromatic N) is 1. The lowest BCUT2D eigenvalue weighted by Gasteiger charge is -2.11. The van der Waals surface area contributed by atoms with Gasteiger partial charge in [-0.05, 0) is 36.2 Å². The Morgan fingerprint density at radius 3 is 2.41 bits per heavy atom. The van der Waals surface area contributed by atoms with Gasteiger partial charge in [-0.2, -0.15) is 13.2 Å². The Labute approximate surface area is 165 Å². The van der Waals surface area contributed by atoms with E-state index in [4.69, 9.17) is 4.74 Å². The zero-order valence-corrected chi connectivity index (χ0v) is 15.6.